The van der Waals surface area contributed by atoms with Crippen molar-refractivity contribution < 1.29 is 4.42 Å². The number of hydrogen-bond acceptors (Lipinski definition) is 3. The van der Waals surface area contributed by atoms with Crippen molar-refractivity contribution >= 4 is 22.6 Å². The van der Waals surface area contributed by atoms with Gasteiger partial charge in [-0.05, 0) is 34.8 Å². The van der Waals surface area contributed by atoms with Gasteiger partial charge in [0.1, 0.15) is 11.3 Å². The van der Waals surface area contributed by atoms with E-state index in [9.17, 15) is 10.1 Å². The summed E-state index contributed by atoms with van der Waals surface area (Å²) in [6.07, 6.45) is 1.69. The van der Waals surface area contributed by atoms with Crippen LogP contribution < -0.4 is 5.43 Å². The Kier molecular flexibility index (Phi) is 3.59. The van der Waals surface area contributed by atoms with E-state index in [0.29, 0.717) is 27.9 Å². The van der Waals surface area contributed by atoms with Crippen LogP contribution in [0.25, 0.3) is 22.6 Å². The third-order valence-corrected chi connectivity index (χ3v) is 4.96. The van der Waals surface area contributed by atoms with E-state index >= 15 is 0 Å². The molecule has 0 fully saturated rings. The van der Waals surface area contributed by atoms with Crippen molar-refractivity contribution in [3.05, 3.63) is 81.2 Å². The van der Waals surface area contributed by atoms with Gasteiger partial charge in [0.2, 0.25) is 0 Å². The summed E-state index contributed by atoms with van der Waals surface area (Å²) >= 11 is 0. The maximum atomic E-state index is 13.2. The number of nitriles is 1. The molecule has 1 unspecified atom stereocenters. The van der Waals surface area contributed by atoms with Gasteiger partial charge in [0.15, 0.2) is 5.43 Å². The first-order valence-electron chi connectivity index (χ1n) is 8.68. The van der Waals surface area contributed by atoms with Crippen molar-refractivity contribution in [2.45, 2.75) is 26.7 Å². The second-order valence-corrected chi connectivity index (χ2v) is 7.76. The molecule has 128 valence electrons. The predicted molar refractivity (Wildman–Crippen MR) is 104 cm³/mol. The second-order valence-electron chi connectivity index (χ2n) is 7.76. The van der Waals surface area contributed by atoms with E-state index in [1.165, 1.54) is 0 Å². The summed E-state index contributed by atoms with van der Waals surface area (Å²) in [4.78, 5) is 13.2. The van der Waals surface area contributed by atoms with Gasteiger partial charge >= 0.3 is 0 Å². The summed E-state index contributed by atoms with van der Waals surface area (Å²) in [5.41, 5.74) is 3.16. The van der Waals surface area contributed by atoms with Crippen molar-refractivity contribution in [3.63, 3.8) is 0 Å². The van der Waals surface area contributed by atoms with Crippen molar-refractivity contribution in [2.24, 2.45) is 5.41 Å². The van der Waals surface area contributed by atoms with E-state index in [2.05, 4.69) is 26.8 Å². The van der Waals surface area contributed by atoms with Crippen LogP contribution in [0.3, 0.4) is 0 Å². The number of para-hydroxylation sites is 1. The SMILES string of the molecule is CC(C)(C)C1c2ccccc2C(C#N)=Cc2c1oc1ccccc1c2=O. The number of rotatable bonds is 0. The van der Waals surface area contributed by atoms with Crippen molar-refractivity contribution in [1.29, 1.82) is 5.26 Å². The molecule has 2 aromatic carbocycles. The van der Waals surface area contributed by atoms with Crippen molar-refractivity contribution in [2.75, 3.05) is 0 Å². The Balaban J connectivity index is 2.20. The lowest BCUT2D eigenvalue weighted by Crippen LogP contribution is -2.23. The summed E-state index contributed by atoms with van der Waals surface area (Å²) in [5.74, 6) is 0.506. The van der Waals surface area contributed by atoms with Gasteiger partial charge in [-0.15, -0.1) is 0 Å². The molecule has 1 heterocycles. The highest BCUT2D eigenvalue weighted by Gasteiger charge is 2.36. The molecule has 4 rings (SSSR count). The molecule has 1 aromatic heterocycles. The van der Waals surface area contributed by atoms with Gasteiger partial charge < -0.3 is 4.42 Å². The Morgan fingerprint density at radius 2 is 1.73 bits per heavy atom. The smallest absolute Gasteiger partial charge is 0.200 e. The molecule has 1 atom stereocenters. The molecule has 1 aliphatic carbocycles. The monoisotopic (exact) mass is 341 g/mol. The minimum atomic E-state index is -0.192. The molecule has 3 heteroatoms. The topological polar surface area (TPSA) is 54.0 Å². The summed E-state index contributed by atoms with van der Waals surface area (Å²) in [5, 5.41) is 10.3. The van der Waals surface area contributed by atoms with Gasteiger partial charge in [-0.25, -0.2) is 0 Å². The quantitative estimate of drug-likeness (QED) is 0.554. The molecule has 0 aliphatic heterocycles. The molecule has 0 saturated carbocycles. The summed E-state index contributed by atoms with van der Waals surface area (Å²) in [7, 11) is 0. The largest absolute Gasteiger partial charge is 0.460 e. The molecule has 0 spiro atoms. The maximum Gasteiger partial charge on any atom is 0.200 e. The molecule has 0 N–H and O–H groups in total. The Morgan fingerprint density at radius 3 is 2.46 bits per heavy atom. The third-order valence-electron chi connectivity index (χ3n) is 4.96. The van der Waals surface area contributed by atoms with E-state index in [0.717, 1.165) is 11.1 Å². The van der Waals surface area contributed by atoms with Crippen LogP contribution in [0.1, 0.15) is 49.1 Å². The van der Waals surface area contributed by atoms with E-state index in [-0.39, 0.29) is 16.8 Å². The highest BCUT2D eigenvalue weighted by Crippen LogP contribution is 2.46. The Hall–Kier alpha value is -3.12. The lowest BCUT2D eigenvalue weighted by atomic mass is 9.73. The van der Waals surface area contributed by atoms with Gasteiger partial charge in [0.25, 0.3) is 0 Å². The number of nitrogens with zero attached hydrogens (tertiary/aromatic N) is 1. The fraction of sp³-hybridized carbons (Fsp3) is 0.217. The van der Waals surface area contributed by atoms with E-state index in [4.69, 9.17) is 4.42 Å². The molecular formula is C23H19NO2. The van der Waals surface area contributed by atoms with Crippen LogP contribution in [-0.2, 0) is 0 Å². The molecule has 1 aliphatic rings. The van der Waals surface area contributed by atoms with Gasteiger partial charge in [-0.2, -0.15) is 5.26 Å². The fourth-order valence-electron chi connectivity index (χ4n) is 3.83. The first-order valence-corrected chi connectivity index (χ1v) is 8.68. The molecule has 0 radical (unpaired) electrons. The average molecular weight is 341 g/mol. The third kappa shape index (κ3) is 2.38. The Morgan fingerprint density at radius 1 is 1.04 bits per heavy atom. The fourth-order valence-corrected chi connectivity index (χ4v) is 3.83. The van der Waals surface area contributed by atoms with Crippen LogP contribution >= 0.6 is 0 Å². The van der Waals surface area contributed by atoms with Gasteiger partial charge in [-0.3, -0.25) is 4.79 Å². The highest BCUT2D eigenvalue weighted by molar-refractivity contribution is 5.94. The molecule has 26 heavy (non-hydrogen) atoms. The lowest BCUT2D eigenvalue weighted by molar-refractivity contribution is 0.316. The zero-order valence-electron chi connectivity index (χ0n) is 15.0. The summed E-state index contributed by atoms with van der Waals surface area (Å²) in [6, 6.07) is 17.4. The summed E-state index contributed by atoms with van der Waals surface area (Å²) in [6.45, 7) is 6.39. The second kappa shape index (κ2) is 5.71. The van der Waals surface area contributed by atoms with Crippen LogP contribution in [0.2, 0.25) is 0 Å². The number of hydrogen-bond donors (Lipinski definition) is 0. The minimum Gasteiger partial charge on any atom is -0.460 e. The molecule has 0 bridgehead atoms. The van der Waals surface area contributed by atoms with Crippen LogP contribution in [0, 0.1) is 16.7 Å². The number of fused-ring (bicyclic) bond motifs is 3. The molecular weight excluding hydrogens is 322 g/mol. The van der Waals surface area contributed by atoms with Crippen LogP contribution in [-0.4, -0.2) is 0 Å². The van der Waals surface area contributed by atoms with E-state index < -0.39 is 0 Å². The van der Waals surface area contributed by atoms with E-state index in [1.807, 2.05) is 42.5 Å². The first-order chi connectivity index (χ1) is 12.4. The average Bonchev–Trinajstić information content (AvgIpc) is 2.76. The molecule has 3 aromatic rings. The minimum absolute atomic E-state index is 0.0864. The number of benzene rings is 2. The molecule has 3 nitrogen and oxygen atoms in total. The van der Waals surface area contributed by atoms with Crippen molar-refractivity contribution in [1.82, 2.24) is 0 Å². The van der Waals surface area contributed by atoms with Crippen LogP contribution in [0.5, 0.6) is 0 Å². The first kappa shape index (κ1) is 16.4. The van der Waals surface area contributed by atoms with Gasteiger partial charge in [-0.1, -0.05) is 57.2 Å². The predicted octanol–water partition coefficient (Wildman–Crippen LogP) is 5.35. The van der Waals surface area contributed by atoms with Crippen LogP contribution in [0.15, 0.2) is 57.7 Å². The van der Waals surface area contributed by atoms with Crippen LogP contribution in [0.4, 0.5) is 0 Å². The number of allylic oxidation sites excluding steroid dienone is 1. The lowest BCUT2D eigenvalue weighted by Gasteiger charge is -2.31. The summed E-state index contributed by atoms with van der Waals surface area (Å²) < 4.78 is 6.28. The molecule has 0 saturated heterocycles. The van der Waals surface area contributed by atoms with E-state index in [1.54, 1.807) is 12.1 Å². The molecule has 0 amide bonds. The van der Waals surface area contributed by atoms with Gasteiger partial charge in [0.05, 0.1) is 22.6 Å². The Labute approximate surface area is 152 Å². The van der Waals surface area contributed by atoms with Gasteiger partial charge in [0, 0.05) is 5.92 Å². The maximum absolute atomic E-state index is 13.2. The standard InChI is InChI=1S/C23H19NO2/c1-23(2,3)20-16-9-5-4-8-15(16)14(13-24)12-18-21(25)17-10-6-7-11-19(17)26-22(18)20/h4-12,20H,1-3H3. The normalized spacial score (nSPS) is 16.2. The zero-order valence-corrected chi connectivity index (χ0v) is 15.0. The Bertz CT molecular complexity index is 1150. The zero-order chi connectivity index (χ0) is 18.5. The van der Waals surface area contributed by atoms with Crippen molar-refractivity contribution in [3.8, 4) is 6.07 Å². The highest BCUT2D eigenvalue weighted by atomic mass is 16.3.